The number of esters is 1. The van der Waals surface area contributed by atoms with Gasteiger partial charge in [0.2, 0.25) is 0 Å². The van der Waals surface area contributed by atoms with Crippen molar-refractivity contribution >= 4 is 11.7 Å². The molecule has 1 aromatic rings. The van der Waals surface area contributed by atoms with Crippen molar-refractivity contribution in [3.63, 3.8) is 0 Å². The van der Waals surface area contributed by atoms with Gasteiger partial charge >= 0.3 is 5.97 Å². The second-order valence-corrected chi connectivity index (χ2v) is 5.34. The molecule has 1 aromatic heterocycles. The number of hydrogen-bond donors (Lipinski definition) is 2. The molecule has 20 heavy (non-hydrogen) atoms. The second kappa shape index (κ2) is 6.79. The van der Waals surface area contributed by atoms with Crippen LogP contribution in [-0.2, 0) is 9.47 Å². The Kier molecular flexibility index (Phi) is 5.06. The number of H-pyrrole nitrogens is 1. The first-order valence-electron chi connectivity index (χ1n) is 7.37. The zero-order valence-corrected chi connectivity index (χ0v) is 12.5. The normalized spacial score (nSPS) is 14.6. The van der Waals surface area contributed by atoms with Gasteiger partial charge in [-0.05, 0) is 45.1 Å². The smallest absolute Gasteiger partial charge is 0.356 e. The van der Waals surface area contributed by atoms with E-state index in [0.29, 0.717) is 31.4 Å². The first-order valence-corrected chi connectivity index (χ1v) is 7.37. The van der Waals surface area contributed by atoms with Crippen molar-refractivity contribution in [2.45, 2.75) is 45.6 Å². The van der Waals surface area contributed by atoms with Gasteiger partial charge in [-0.1, -0.05) is 0 Å². The molecule has 1 saturated carbocycles. The Morgan fingerprint density at radius 3 is 2.85 bits per heavy atom. The molecule has 2 N–H and O–H groups in total. The van der Waals surface area contributed by atoms with Crippen LogP contribution in [0.1, 0.15) is 55.6 Å². The lowest BCUT2D eigenvalue weighted by Crippen LogP contribution is -2.16. The summed E-state index contributed by atoms with van der Waals surface area (Å²) in [6.45, 7) is 7.52. The van der Waals surface area contributed by atoms with Gasteiger partial charge in [-0.25, -0.2) is 4.79 Å². The van der Waals surface area contributed by atoms with E-state index in [4.69, 9.17) is 9.47 Å². The van der Waals surface area contributed by atoms with Gasteiger partial charge in [0.1, 0.15) is 5.69 Å². The molecular weight excluding hydrogens is 256 g/mol. The number of aromatic nitrogens is 1. The average Bonchev–Trinajstić information content (AvgIpc) is 3.15. The first kappa shape index (κ1) is 14.9. The van der Waals surface area contributed by atoms with Crippen molar-refractivity contribution in [2.75, 3.05) is 25.1 Å². The van der Waals surface area contributed by atoms with Crippen LogP contribution in [0.15, 0.2) is 6.20 Å². The topological polar surface area (TPSA) is 63.4 Å². The Hall–Kier alpha value is -1.49. The van der Waals surface area contributed by atoms with Gasteiger partial charge in [0.25, 0.3) is 0 Å². The van der Waals surface area contributed by atoms with Gasteiger partial charge in [-0.2, -0.15) is 0 Å². The highest BCUT2D eigenvalue weighted by Gasteiger charge is 2.30. The Labute approximate surface area is 120 Å². The molecule has 0 saturated heterocycles. The van der Waals surface area contributed by atoms with E-state index in [1.54, 1.807) is 0 Å². The van der Waals surface area contributed by atoms with Crippen LogP contribution in [-0.4, -0.2) is 36.8 Å². The third-order valence-electron chi connectivity index (χ3n) is 3.26. The monoisotopic (exact) mass is 280 g/mol. The highest BCUT2D eigenvalue weighted by molar-refractivity contribution is 5.95. The van der Waals surface area contributed by atoms with Crippen LogP contribution in [0.3, 0.4) is 0 Å². The molecule has 0 aromatic carbocycles. The second-order valence-electron chi connectivity index (χ2n) is 5.34. The van der Waals surface area contributed by atoms with Gasteiger partial charge in [-0.15, -0.1) is 0 Å². The van der Waals surface area contributed by atoms with E-state index in [1.165, 1.54) is 18.4 Å². The highest BCUT2D eigenvalue weighted by atomic mass is 16.5. The van der Waals surface area contributed by atoms with Gasteiger partial charge in [0.15, 0.2) is 0 Å². The van der Waals surface area contributed by atoms with E-state index in [1.807, 2.05) is 27.0 Å². The minimum atomic E-state index is -0.299. The number of nitrogens with one attached hydrogen (secondary N) is 2. The minimum Gasteiger partial charge on any atom is -0.461 e. The van der Waals surface area contributed by atoms with E-state index >= 15 is 0 Å². The molecule has 0 atom stereocenters. The maximum absolute atomic E-state index is 11.9. The molecule has 0 radical (unpaired) electrons. The summed E-state index contributed by atoms with van der Waals surface area (Å²) < 4.78 is 10.6. The van der Waals surface area contributed by atoms with E-state index in [-0.39, 0.29) is 12.1 Å². The van der Waals surface area contributed by atoms with Crippen molar-refractivity contribution in [3.05, 3.63) is 17.5 Å². The predicted octanol–water partition coefficient (Wildman–Crippen LogP) is 2.91. The molecule has 0 spiro atoms. The lowest BCUT2D eigenvalue weighted by atomic mass is 10.1. The van der Waals surface area contributed by atoms with Crippen LogP contribution < -0.4 is 5.32 Å². The summed E-state index contributed by atoms with van der Waals surface area (Å²) in [5, 5.41) is 3.32. The lowest BCUT2D eigenvalue weighted by molar-refractivity contribution is 0.0521. The molecule has 2 rings (SSSR count). The van der Waals surface area contributed by atoms with Crippen LogP contribution in [0.2, 0.25) is 0 Å². The molecule has 1 aliphatic rings. The molecule has 1 fully saturated rings. The third kappa shape index (κ3) is 3.76. The molecule has 1 aliphatic carbocycles. The van der Waals surface area contributed by atoms with Crippen molar-refractivity contribution in [2.24, 2.45) is 0 Å². The van der Waals surface area contributed by atoms with E-state index in [2.05, 4.69) is 10.3 Å². The molecule has 5 heteroatoms. The molecule has 5 nitrogen and oxygen atoms in total. The van der Waals surface area contributed by atoms with Crippen molar-refractivity contribution in [1.82, 2.24) is 4.98 Å². The maximum Gasteiger partial charge on any atom is 0.356 e. The summed E-state index contributed by atoms with van der Waals surface area (Å²) in [4.78, 5) is 15.0. The first-order chi connectivity index (χ1) is 9.63. The van der Waals surface area contributed by atoms with Crippen LogP contribution in [0.5, 0.6) is 0 Å². The van der Waals surface area contributed by atoms with E-state index in [0.717, 1.165) is 5.69 Å². The zero-order chi connectivity index (χ0) is 14.5. The fraction of sp³-hybridized carbons (Fsp3) is 0.667. The van der Waals surface area contributed by atoms with Crippen LogP contribution >= 0.6 is 0 Å². The number of hydrogen-bond acceptors (Lipinski definition) is 4. The third-order valence-corrected chi connectivity index (χ3v) is 3.26. The Morgan fingerprint density at radius 1 is 1.50 bits per heavy atom. The largest absolute Gasteiger partial charge is 0.461 e. The summed E-state index contributed by atoms with van der Waals surface area (Å²) in [6.07, 6.45) is 4.53. The summed E-state index contributed by atoms with van der Waals surface area (Å²) in [6, 6.07) is 0. The van der Waals surface area contributed by atoms with Gasteiger partial charge < -0.3 is 19.8 Å². The summed E-state index contributed by atoms with van der Waals surface area (Å²) >= 11 is 0. The predicted molar refractivity (Wildman–Crippen MR) is 78.3 cm³/mol. The van der Waals surface area contributed by atoms with E-state index < -0.39 is 0 Å². The molecule has 112 valence electrons. The minimum absolute atomic E-state index is 0.218. The standard InChI is InChI=1S/C15H24N2O3/c1-4-19-15(18)14-13(16-7-8-20-10(2)3)12(9-17-14)11-5-6-11/h9-11,16-17H,4-8H2,1-3H3. The number of rotatable bonds is 8. The summed E-state index contributed by atoms with van der Waals surface area (Å²) in [5.41, 5.74) is 2.61. The number of anilines is 1. The summed E-state index contributed by atoms with van der Waals surface area (Å²) in [5.74, 6) is 0.273. The molecule has 0 amide bonds. The van der Waals surface area contributed by atoms with Crippen LogP contribution in [0.4, 0.5) is 5.69 Å². The van der Waals surface area contributed by atoms with Crippen LogP contribution in [0, 0.1) is 0 Å². The number of aromatic amines is 1. The molecule has 0 bridgehead atoms. The quantitative estimate of drug-likeness (QED) is 0.567. The zero-order valence-electron chi connectivity index (χ0n) is 12.5. The number of carbonyl (C=O) groups excluding carboxylic acids is 1. The Balaban J connectivity index is 2.02. The SMILES string of the molecule is CCOC(=O)c1[nH]cc(C2CC2)c1NCCOC(C)C. The van der Waals surface area contributed by atoms with E-state index in [9.17, 15) is 4.79 Å². The fourth-order valence-electron chi connectivity index (χ4n) is 2.18. The van der Waals surface area contributed by atoms with Gasteiger partial charge in [0, 0.05) is 12.7 Å². The average molecular weight is 280 g/mol. The van der Waals surface area contributed by atoms with Crippen molar-refractivity contribution < 1.29 is 14.3 Å². The van der Waals surface area contributed by atoms with Gasteiger partial charge in [0.05, 0.1) is 25.0 Å². The van der Waals surface area contributed by atoms with Crippen molar-refractivity contribution in [1.29, 1.82) is 0 Å². The Morgan fingerprint density at radius 2 is 2.25 bits per heavy atom. The Bertz CT molecular complexity index is 450. The van der Waals surface area contributed by atoms with Gasteiger partial charge in [-0.3, -0.25) is 0 Å². The maximum atomic E-state index is 11.9. The highest BCUT2D eigenvalue weighted by Crippen LogP contribution is 2.44. The molecule has 0 unspecified atom stereocenters. The van der Waals surface area contributed by atoms with Crippen molar-refractivity contribution in [3.8, 4) is 0 Å². The fourth-order valence-corrected chi connectivity index (χ4v) is 2.18. The lowest BCUT2D eigenvalue weighted by Gasteiger charge is -2.12. The summed E-state index contributed by atoms with van der Waals surface area (Å²) in [7, 11) is 0. The van der Waals surface area contributed by atoms with Crippen LogP contribution in [0.25, 0.3) is 0 Å². The molecule has 0 aliphatic heterocycles. The molecular formula is C15H24N2O3. The number of carbonyl (C=O) groups is 1. The number of ether oxygens (including phenoxy) is 2. The molecule has 1 heterocycles.